The maximum atomic E-state index is 11.6. The van der Waals surface area contributed by atoms with Crippen molar-refractivity contribution in [2.45, 2.75) is 26.4 Å². The minimum Gasteiger partial charge on any atom is -0.455 e. The van der Waals surface area contributed by atoms with Crippen LogP contribution in [0.3, 0.4) is 0 Å². The van der Waals surface area contributed by atoms with E-state index in [-0.39, 0.29) is 5.70 Å². The number of esters is 1. The molecule has 0 radical (unpaired) electrons. The highest BCUT2D eigenvalue weighted by molar-refractivity contribution is 6.42. The average Bonchev–Trinajstić information content (AvgIpc) is 2.21. The second-order valence-corrected chi connectivity index (χ2v) is 5.59. The van der Waals surface area contributed by atoms with Gasteiger partial charge in [0.25, 0.3) is 0 Å². The zero-order chi connectivity index (χ0) is 13.9. The van der Waals surface area contributed by atoms with E-state index in [0.29, 0.717) is 15.6 Å². The van der Waals surface area contributed by atoms with Crippen molar-refractivity contribution in [3.8, 4) is 0 Å². The summed E-state index contributed by atoms with van der Waals surface area (Å²) < 4.78 is 5.13. The molecule has 0 atom stereocenters. The smallest absolute Gasteiger partial charge is 0.354 e. The molecule has 0 spiro atoms. The molecule has 18 heavy (non-hydrogen) atoms. The summed E-state index contributed by atoms with van der Waals surface area (Å²) in [4.78, 5) is 11.6. The van der Waals surface area contributed by atoms with Gasteiger partial charge in [0.1, 0.15) is 11.3 Å². The lowest BCUT2D eigenvalue weighted by molar-refractivity contribution is -0.149. The predicted octanol–water partition coefficient (Wildman–Crippen LogP) is 3.63. The Balaban J connectivity index is 2.88. The molecule has 0 bridgehead atoms. The number of ether oxygens (including phenoxy) is 1. The lowest BCUT2D eigenvalue weighted by atomic mass is 10.1. The van der Waals surface area contributed by atoms with E-state index in [0.717, 1.165) is 0 Å². The third-order valence-corrected chi connectivity index (χ3v) is 2.64. The molecule has 1 aromatic carbocycles. The van der Waals surface area contributed by atoms with Crippen LogP contribution in [0.5, 0.6) is 0 Å². The Labute approximate surface area is 117 Å². The molecule has 0 fully saturated rings. The van der Waals surface area contributed by atoms with E-state index >= 15 is 0 Å². The first-order valence-electron chi connectivity index (χ1n) is 5.34. The molecule has 1 aromatic rings. The zero-order valence-electron chi connectivity index (χ0n) is 10.5. The highest BCUT2D eigenvalue weighted by atomic mass is 35.5. The summed E-state index contributed by atoms with van der Waals surface area (Å²) in [6, 6.07) is 4.98. The van der Waals surface area contributed by atoms with Gasteiger partial charge >= 0.3 is 5.97 Å². The molecule has 1 rings (SSSR count). The summed E-state index contributed by atoms with van der Waals surface area (Å²) in [7, 11) is 0. The van der Waals surface area contributed by atoms with E-state index in [4.69, 9.17) is 33.7 Å². The summed E-state index contributed by atoms with van der Waals surface area (Å²) in [6.07, 6.45) is 1.50. The van der Waals surface area contributed by atoms with Crippen LogP contribution in [0.4, 0.5) is 0 Å². The van der Waals surface area contributed by atoms with Crippen LogP contribution >= 0.6 is 23.2 Å². The van der Waals surface area contributed by atoms with Gasteiger partial charge in [-0.15, -0.1) is 0 Å². The fourth-order valence-electron chi connectivity index (χ4n) is 1.18. The molecule has 2 N–H and O–H groups in total. The lowest BCUT2D eigenvalue weighted by Crippen LogP contribution is -2.27. The van der Waals surface area contributed by atoms with Gasteiger partial charge in [-0.25, -0.2) is 4.79 Å². The largest absolute Gasteiger partial charge is 0.455 e. The fraction of sp³-hybridized carbons (Fsp3) is 0.308. The van der Waals surface area contributed by atoms with Gasteiger partial charge in [-0.1, -0.05) is 29.3 Å². The molecular formula is C13H15Cl2NO2. The maximum absolute atomic E-state index is 11.6. The van der Waals surface area contributed by atoms with Gasteiger partial charge in [0.05, 0.1) is 10.0 Å². The first-order valence-corrected chi connectivity index (χ1v) is 6.10. The first kappa shape index (κ1) is 14.9. The fourth-order valence-corrected chi connectivity index (χ4v) is 1.48. The van der Waals surface area contributed by atoms with Crippen molar-refractivity contribution in [2.75, 3.05) is 0 Å². The molecule has 3 nitrogen and oxygen atoms in total. The third kappa shape index (κ3) is 4.59. The highest BCUT2D eigenvalue weighted by Crippen LogP contribution is 2.23. The van der Waals surface area contributed by atoms with Gasteiger partial charge in [-0.3, -0.25) is 0 Å². The van der Waals surface area contributed by atoms with E-state index in [2.05, 4.69) is 0 Å². The Morgan fingerprint density at radius 2 is 1.89 bits per heavy atom. The SMILES string of the molecule is CC(C)(C)OC(=O)/C(N)=C/c1ccc(Cl)c(Cl)c1. The average molecular weight is 288 g/mol. The Bertz CT molecular complexity index is 490. The molecule has 0 unspecified atom stereocenters. The molecule has 0 aliphatic heterocycles. The number of nitrogens with two attached hydrogens (primary N) is 1. The molecular weight excluding hydrogens is 273 g/mol. The molecule has 0 amide bonds. The van der Waals surface area contributed by atoms with E-state index in [1.165, 1.54) is 6.08 Å². The minimum atomic E-state index is -0.576. The number of hydrogen-bond donors (Lipinski definition) is 1. The highest BCUT2D eigenvalue weighted by Gasteiger charge is 2.18. The molecule has 0 saturated heterocycles. The number of carbonyl (C=O) groups excluding carboxylic acids is 1. The number of rotatable bonds is 2. The normalized spacial score (nSPS) is 12.4. The Morgan fingerprint density at radius 1 is 1.28 bits per heavy atom. The van der Waals surface area contributed by atoms with Crippen LogP contribution in [0, 0.1) is 0 Å². The summed E-state index contributed by atoms with van der Waals surface area (Å²) in [5.41, 5.74) is 5.78. The molecule has 0 aliphatic carbocycles. The summed E-state index contributed by atoms with van der Waals surface area (Å²) in [6.45, 7) is 5.33. The number of hydrogen-bond acceptors (Lipinski definition) is 3. The number of benzene rings is 1. The second kappa shape index (κ2) is 5.63. The van der Waals surface area contributed by atoms with Crippen LogP contribution in [0.1, 0.15) is 26.3 Å². The molecule has 0 saturated carbocycles. The van der Waals surface area contributed by atoms with Crippen molar-refractivity contribution >= 4 is 35.2 Å². The van der Waals surface area contributed by atoms with Gasteiger partial charge in [-0.05, 0) is 44.5 Å². The monoisotopic (exact) mass is 287 g/mol. The van der Waals surface area contributed by atoms with Gasteiger partial charge in [0.15, 0.2) is 0 Å². The maximum Gasteiger partial charge on any atom is 0.354 e. The van der Waals surface area contributed by atoms with Gasteiger partial charge in [-0.2, -0.15) is 0 Å². The van der Waals surface area contributed by atoms with Gasteiger partial charge < -0.3 is 10.5 Å². The van der Waals surface area contributed by atoms with E-state index in [1.807, 2.05) is 0 Å². The van der Waals surface area contributed by atoms with Crippen LogP contribution in [0.25, 0.3) is 6.08 Å². The predicted molar refractivity (Wildman–Crippen MR) is 74.5 cm³/mol. The van der Waals surface area contributed by atoms with Crippen molar-refractivity contribution in [1.82, 2.24) is 0 Å². The van der Waals surface area contributed by atoms with Crippen molar-refractivity contribution in [1.29, 1.82) is 0 Å². The van der Waals surface area contributed by atoms with Crippen molar-refractivity contribution in [2.24, 2.45) is 5.73 Å². The topological polar surface area (TPSA) is 52.3 Å². The lowest BCUT2D eigenvalue weighted by Gasteiger charge is -2.19. The van der Waals surface area contributed by atoms with Crippen molar-refractivity contribution in [3.05, 3.63) is 39.5 Å². The zero-order valence-corrected chi connectivity index (χ0v) is 12.0. The van der Waals surface area contributed by atoms with Crippen molar-refractivity contribution < 1.29 is 9.53 Å². The molecule has 98 valence electrons. The van der Waals surface area contributed by atoms with Crippen LogP contribution in [-0.2, 0) is 9.53 Å². The van der Waals surface area contributed by atoms with Crippen LogP contribution < -0.4 is 5.73 Å². The third-order valence-electron chi connectivity index (χ3n) is 1.90. The summed E-state index contributed by atoms with van der Waals surface area (Å²) >= 11 is 11.7. The van der Waals surface area contributed by atoms with Crippen molar-refractivity contribution in [3.63, 3.8) is 0 Å². The Hall–Kier alpha value is -1.19. The first-order chi connectivity index (χ1) is 8.19. The van der Waals surface area contributed by atoms with Gasteiger partial charge in [0, 0.05) is 0 Å². The van der Waals surface area contributed by atoms with E-state index in [9.17, 15) is 4.79 Å². The Kier molecular flexibility index (Phi) is 4.65. The van der Waals surface area contributed by atoms with Crippen LogP contribution in [-0.4, -0.2) is 11.6 Å². The summed E-state index contributed by atoms with van der Waals surface area (Å²) in [5, 5.41) is 0.854. The molecule has 0 aliphatic rings. The quantitative estimate of drug-likeness (QED) is 0.667. The number of carbonyl (C=O) groups is 1. The Morgan fingerprint density at radius 3 is 2.39 bits per heavy atom. The van der Waals surface area contributed by atoms with E-state index in [1.54, 1.807) is 39.0 Å². The standard InChI is InChI=1S/C13H15Cl2NO2/c1-13(2,3)18-12(17)11(16)7-8-4-5-9(14)10(15)6-8/h4-7H,16H2,1-3H3/b11-7-. The van der Waals surface area contributed by atoms with Crippen LogP contribution in [0.15, 0.2) is 23.9 Å². The summed E-state index contributed by atoms with van der Waals surface area (Å²) in [5.74, 6) is -0.562. The molecule has 0 heterocycles. The second-order valence-electron chi connectivity index (χ2n) is 4.78. The number of halogens is 2. The molecule has 5 heteroatoms. The van der Waals surface area contributed by atoms with Gasteiger partial charge in [0.2, 0.25) is 0 Å². The van der Waals surface area contributed by atoms with E-state index < -0.39 is 11.6 Å². The molecule has 0 aromatic heterocycles. The van der Waals surface area contributed by atoms with Crippen LogP contribution in [0.2, 0.25) is 10.0 Å². The minimum absolute atomic E-state index is 0.0170.